The number of halogens is 2. The maximum absolute atomic E-state index is 6.30. The summed E-state index contributed by atoms with van der Waals surface area (Å²) < 4.78 is 3.32. The number of fused-ring (bicyclic) bond motifs is 1. The van der Waals surface area contributed by atoms with Crippen LogP contribution in [0.4, 0.5) is 0 Å². The highest BCUT2D eigenvalue weighted by Gasteiger charge is 2.18. The third-order valence-electron chi connectivity index (χ3n) is 3.53. The summed E-state index contributed by atoms with van der Waals surface area (Å²) in [6.07, 6.45) is 0.639. The smallest absolute Gasteiger partial charge is 0.0992 e. The van der Waals surface area contributed by atoms with E-state index in [0.717, 1.165) is 28.7 Å². The van der Waals surface area contributed by atoms with Crippen LogP contribution >= 0.6 is 34.5 Å². The van der Waals surface area contributed by atoms with Crippen molar-refractivity contribution in [2.24, 2.45) is 5.73 Å². The molecule has 0 saturated heterocycles. The first-order valence-electron chi connectivity index (χ1n) is 6.75. The molecule has 2 aromatic heterocycles. The number of nitrogens with zero attached hydrogens (tertiary/aromatic N) is 2. The van der Waals surface area contributed by atoms with Crippen molar-refractivity contribution in [3.8, 4) is 0 Å². The van der Waals surface area contributed by atoms with E-state index in [0.29, 0.717) is 15.1 Å². The molecule has 2 N–H and O–H groups in total. The molecule has 0 aliphatic rings. The predicted molar refractivity (Wildman–Crippen MR) is 90.4 cm³/mol. The average molecular weight is 340 g/mol. The molecular weight excluding hydrogens is 325 g/mol. The topological polar surface area (TPSA) is 43.8 Å². The first-order valence-corrected chi connectivity index (χ1v) is 8.32. The normalized spacial score (nSPS) is 13.0. The standard InChI is InChI=1S/C15H15Cl2N3S/c1-2-20-13-6-4-3-5-9(13)12(19-20)8-11(18)10-7-14(16)21-15(10)17/h3-7,11H,2,8,18H2,1H3. The SMILES string of the molecule is CCn1nc(CC(N)c2cc(Cl)sc2Cl)c2ccccc21. The number of aromatic nitrogens is 2. The van der Waals surface area contributed by atoms with Gasteiger partial charge < -0.3 is 5.73 Å². The van der Waals surface area contributed by atoms with Gasteiger partial charge in [0, 0.05) is 30.0 Å². The number of aryl methyl sites for hydroxylation is 1. The first-order chi connectivity index (χ1) is 10.1. The molecule has 0 aliphatic carbocycles. The van der Waals surface area contributed by atoms with Crippen molar-refractivity contribution < 1.29 is 0 Å². The molecule has 3 rings (SSSR count). The summed E-state index contributed by atoms with van der Waals surface area (Å²) in [5, 5.41) is 5.82. The molecule has 0 amide bonds. The van der Waals surface area contributed by atoms with Gasteiger partial charge in [-0.15, -0.1) is 11.3 Å². The second kappa shape index (κ2) is 5.97. The van der Waals surface area contributed by atoms with Crippen LogP contribution in [0.2, 0.25) is 8.67 Å². The summed E-state index contributed by atoms with van der Waals surface area (Å²) >= 11 is 13.5. The fourth-order valence-corrected chi connectivity index (χ4v) is 4.11. The van der Waals surface area contributed by atoms with Gasteiger partial charge in [-0.05, 0) is 19.1 Å². The fourth-order valence-electron chi connectivity index (χ4n) is 2.51. The molecule has 0 bridgehead atoms. The van der Waals surface area contributed by atoms with Crippen LogP contribution in [0.25, 0.3) is 10.9 Å². The molecular formula is C15H15Cl2N3S. The van der Waals surface area contributed by atoms with Crippen molar-refractivity contribution in [3.05, 3.63) is 50.3 Å². The Morgan fingerprint density at radius 2 is 2.10 bits per heavy atom. The van der Waals surface area contributed by atoms with Crippen LogP contribution in [0.5, 0.6) is 0 Å². The molecule has 0 spiro atoms. The minimum Gasteiger partial charge on any atom is -0.324 e. The molecule has 0 radical (unpaired) electrons. The minimum atomic E-state index is -0.204. The van der Waals surface area contributed by atoms with Crippen LogP contribution in [0.15, 0.2) is 30.3 Å². The predicted octanol–water partition coefficient (Wildman–Crippen LogP) is 4.67. The van der Waals surface area contributed by atoms with Crippen molar-refractivity contribution in [3.63, 3.8) is 0 Å². The van der Waals surface area contributed by atoms with Gasteiger partial charge in [-0.1, -0.05) is 41.4 Å². The highest BCUT2D eigenvalue weighted by molar-refractivity contribution is 7.20. The van der Waals surface area contributed by atoms with Crippen molar-refractivity contribution in [1.29, 1.82) is 0 Å². The van der Waals surface area contributed by atoms with E-state index in [1.54, 1.807) is 0 Å². The molecule has 0 fully saturated rings. The first kappa shape index (κ1) is 14.9. The summed E-state index contributed by atoms with van der Waals surface area (Å²) in [5.41, 5.74) is 9.32. The zero-order valence-electron chi connectivity index (χ0n) is 11.5. The Morgan fingerprint density at radius 1 is 1.33 bits per heavy atom. The quantitative estimate of drug-likeness (QED) is 0.750. The van der Waals surface area contributed by atoms with Crippen LogP contribution in [-0.2, 0) is 13.0 Å². The summed E-state index contributed by atoms with van der Waals surface area (Å²) in [5.74, 6) is 0. The minimum absolute atomic E-state index is 0.204. The van der Waals surface area contributed by atoms with Crippen molar-refractivity contribution in [1.82, 2.24) is 9.78 Å². The summed E-state index contributed by atoms with van der Waals surface area (Å²) in [7, 11) is 0. The van der Waals surface area contributed by atoms with Gasteiger partial charge in [0.15, 0.2) is 0 Å². The molecule has 1 aromatic carbocycles. The lowest BCUT2D eigenvalue weighted by atomic mass is 10.0. The zero-order valence-corrected chi connectivity index (χ0v) is 13.8. The number of nitrogens with two attached hydrogens (primary N) is 1. The molecule has 1 atom stereocenters. The van der Waals surface area contributed by atoms with E-state index >= 15 is 0 Å². The summed E-state index contributed by atoms with van der Waals surface area (Å²) in [4.78, 5) is 0. The number of benzene rings is 1. The van der Waals surface area contributed by atoms with E-state index in [-0.39, 0.29) is 6.04 Å². The van der Waals surface area contributed by atoms with Crippen LogP contribution < -0.4 is 5.73 Å². The van der Waals surface area contributed by atoms with Gasteiger partial charge >= 0.3 is 0 Å². The van der Waals surface area contributed by atoms with Gasteiger partial charge in [0.25, 0.3) is 0 Å². The molecule has 3 nitrogen and oxygen atoms in total. The molecule has 21 heavy (non-hydrogen) atoms. The molecule has 0 aliphatic heterocycles. The van der Waals surface area contributed by atoms with E-state index in [1.807, 2.05) is 22.9 Å². The lowest BCUT2D eigenvalue weighted by Gasteiger charge is -2.09. The second-order valence-corrected chi connectivity index (χ2v) is 7.16. The van der Waals surface area contributed by atoms with Crippen molar-refractivity contribution in [2.75, 3.05) is 0 Å². The highest BCUT2D eigenvalue weighted by atomic mass is 35.5. The maximum atomic E-state index is 6.30. The molecule has 6 heteroatoms. The number of thiophene rings is 1. The average Bonchev–Trinajstić information content (AvgIpc) is 2.99. The molecule has 3 aromatic rings. The van der Waals surface area contributed by atoms with Gasteiger partial charge in [-0.25, -0.2) is 0 Å². The number of para-hydroxylation sites is 1. The van der Waals surface area contributed by atoms with Gasteiger partial charge in [0.2, 0.25) is 0 Å². The Kier molecular flexibility index (Phi) is 4.22. The van der Waals surface area contributed by atoms with E-state index < -0.39 is 0 Å². The van der Waals surface area contributed by atoms with Crippen LogP contribution in [0.3, 0.4) is 0 Å². The Labute approximate surface area is 137 Å². The van der Waals surface area contributed by atoms with Crippen LogP contribution in [0.1, 0.15) is 24.2 Å². The third-order valence-corrected chi connectivity index (χ3v) is 5.05. The Balaban J connectivity index is 1.96. The maximum Gasteiger partial charge on any atom is 0.0992 e. The summed E-state index contributed by atoms with van der Waals surface area (Å²) in [6.45, 7) is 2.92. The molecule has 1 unspecified atom stereocenters. The fraction of sp³-hybridized carbons (Fsp3) is 0.267. The Bertz CT molecular complexity index is 778. The third kappa shape index (κ3) is 2.81. The summed E-state index contributed by atoms with van der Waals surface area (Å²) in [6, 6.07) is 9.85. The highest BCUT2D eigenvalue weighted by Crippen LogP contribution is 2.35. The molecule has 110 valence electrons. The van der Waals surface area contributed by atoms with E-state index in [2.05, 4.69) is 24.2 Å². The van der Waals surface area contributed by atoms with E-state index in [4.69, 9.17) is 28.9 Å². The lowest BCUT2D eigenvalue weighted by molar-refractivity contribution is 0.642. The van der Waals surface area contributed by atoms with Crippen LogP contribution in [-0.4, -0.2) is 9.78 Å². The number of hydrogen-bond acceptors (Lipinski definition) is 3. The van der Waals surface area contributed by atoms with Crippen molar-refractivity contribution in [2.45, 2.75) is 25.9 Å². The lowest BCUT2D eigenvalue weighted by Crippen LogP contribution is -2.13. The monoisotopic (exact) mass is 339 g/mol. The van der Waals surface area contributed by atoms with E-state index in [9.17, 15) is 0 Å². The van der Waals surface area contributed by atoms with Crippen molar-refractivity contribution >= 4 is 45.4 Å². The van der Waals surface area contributed by atoms with Gasteiger partial charge in [-0.2, -0.15) is 5.10 Å². The number of hydrogen-bond donors (Lipinski definition) is 1. The Morgan fingerprint density at radius 3 is 2.76 bits per heavy atom. The largest absolute Gasteiger partial charge is 0.324 e. The number of rotatable bonds is 4. The second-order valence-electron chi connectivity index (χ2n) is 4.87. The van der Waals surface area contributed by atoms with E-state index in [1.165, 1.54) is 11.3 Å². The van der Waals surface area contributed by atoms with Gasteiger partial charge in [0.05, 0.1) is 19.9 Å². The van der Waals surface area contributed by atoms with Crippen LogP contribution in [0, 0.1) is 0 Å². The zero-order chi connectivity index (χ0) is 15.0. The molecule has 0 saturated carbocycles. The van der Waals surface area contributed by atoms with Gasteiger partial charge in [0.1, 0.15) is 0 Å². The molecule has 2 heterocycles. The van der Waals surface area contributed by atoms with Gasteiger partial charge in [-0.3, -0.25) is 4.68 Å². The Hall–Kier alpha value is -1.07.